The van der Waals surface area contributed by atoms with Crippen molar-refractivity contribution < 1.29 is 108 Å². The highest BCUT2D eigenvalue weighted by Gasteiger charge is 2.36. The van der Waals surface area contributed by atoms with E-state index in [1.807, 2.05) is 70.7 Å². The van der Waals surface area contributed by atoms with Crippen LogP contribution in [0.25, 0.3) is 0 Å². The Bertz CT molecular complexity index is 5780. The van der Waals surface area contributed by atoms with E-state index in [2.05, 4.69) is 25.8 Å². The lowest BCUT2D eigenvalue weighted by atomic mass is 9.96. The molecule has 0 aromatic heterocycles. The molecule has 0 radical (unpaired) electrons. The third-order valence-electron chi connectivity index (χ3n) is 23.4. The number of benzene rings is 9. The van der Waals surface area contributed by atoms with Crippen LogP contribution in [0.2, 0.25) is 0 Å². The fraction of sp³-hybridized carbons (Fsp3) is 0.430. The predicted molar refractivity (Wildman–Crippen MR) is 547 cm³/mol. The van der Waals surface area contributed by atoms with Gasteiger partial charge >= 0.3 is 41.7 Å². The van der Waals surface area contributed by atoms with Gasteiger partial charge in [0.1, 0.15) is 63.0 Å². The summed E-state index contributed by atoms with van der Waals surface area (Å²) in [6.45, 7) is 37.0. The Morgan fingerprint density at radius 2 is 0.577 bits per heavy atom. The summed E-state index contributed by atoms with van der Waals surface area (Å²) in [5.74, 6) is -5.99. The first kappa shape index (κ1) is 119. The molecule has 804 valence electrons. The minimum atomic E-state index is -1.33. The normalized spacial score (nSPS) is 15.4. The van der Waals surface area contributed by atoms with Crippen LogP contribution in [-0.4, -0.2) is 281 Å². The van der Waals surface area contributed by atoms with E-state index < -0.39 is 78.6 Å². The van der Waals surface area contributed by atoms with Gasteiger partial charge in [-0.25, -0.2) is 50.3 Å². The molecule has 33 nitrogen and oxygen atoms in total. The summed E-state index contributed by atoms with van der Waals surface area (Å²) in [5.41, 5.74) is 2.29. The number of carbonyl (C=O) groups excluding carboxylic acids is 6. The van der Waals surface area contributed by atoms with Crippen molar-refractivity contribution in [3.63, 3.8) is 0 Å². The summed E-state index contributed by atoms with van der Waals surface area (Å²) >= 11 is 6.19. The SMILES string of the molecule is CC(C)(C)OC(=O)N1CCCNCC1.CC(C)(C)OC(=O)N1CCN(C(=O)c2ccc([N+](=O)[O-])c(F)c2)CC1.CC(C)(C)OC(=O)N1CCN(C(=O)c2ccc([N+](=O)[O-])c(N3CCCN(C(c4ccc(F)cc4)c4ccc(F)cc4)CC3)c2)CC1.CC(C)(C)OC(=O)N1CCNCC1.Fc1ccc(C(Cl)c2ccc(F)cc2)cc1.Fc1ccc(C(c2ccc(F)cc2)N2CCCNCC2)cc1.O=C(O)c1ccc([N+](=O)[O-])c(F)c1. The van der Waals surface area contributed by atoms with Crippen LogP contribution in [0.1, 0.15) is 184 Å². The molecule has 0 aliphatic carbocycles. The average Bonchev–Trinajstić information content (AvgIpc) is 1.42. The Morgan fingerprint density at radius 1 is 0.309 bits per heavy atom. The topological polar surface area (TPSA) is 371 Å². The third kappa shape index (κ3) is 38.6. The molecule has 6 aliphatic rings. The Hall–Kier alpha value is -14.0. The molecule has 6 amide bonds. The van der Waals surface area contributed by atoms with Crippen molar-refractivity contribution in [3.05, 3.63) is 327 Å². The maximum atomic E-state index is 13.8. The molecule has 6 aliphatic heterocycles. The van der Waals surface area contributed by atoms with Gasteiger partial charge in [-0.2, -0.15) is 8.78 Å². The summed E-state index contributed by atoms with van der Waals surface area (Å²) in [6.07, 6.45) is 1.48. The second-order valence-electron chi connectivity index (χ2n) is 39.4. The predicted octanol–water partition coefficient (Wildman–Crippen LogP) is 19.4. The number of ether oxygens (including phenoxy) is 4. The van der Waals surface area contributed by atoms with E-state index in [4.69, 9.17) is 35.7 Å². The van der Waals surface area contributed by atoms with Crippen LogP contribution in [0.15, 0.2) is 200 Å². The van der Waals surface area contributed by atoms with Crippen molar-refractivity contribution in [2.24, 2.45) is 0 Å². The highest BCUT2D eigenvalue weighted by atomic mass is 35.5. The number of carboxylic acids is 1. The summed E-state index contributed by atoms with van der Waals surface area (Å²) in [6, 6.07) is 47.3. The van der Waals surface area contributed by atoms with Crippen LogP contribution < -0.4 is 20.9 Å². The molecule has 0 spiro atoms. The third-order valence-corrected chi connectivity index (χ3v) is 23.9. The molecule has 6 heterocycles. The number of hydrogen-bond donors (Lipinski definition) is 4. The van der Waals surface area contributed by atoms with Crippen molar-refractivity contribution in [2.45, 2.75) is 142 Å². The minimum absolute atomic E-state index is 0.0288. The van der Waals surface area contributed by atoms with Gasteiger partial charge in [-0.05, 0) is 258 Å². The smallest absolute Gasteiger partial charge is 0.410 e. The number of aromatic carboxylic acids is 1. The molecule has 0 saturated carbocycles. The quantitative estimate of drug-likeness (QED) is 0.0243. The number of carboxylic acid groups (broad SMARTS) is 1. The molecule has 4 N–H and O–H groups in total. The van der Waals surface area contributed by atoms with Crippen LogP contribution in [0.4, 0.5) is 77.1 Å². The lowest BCUT2D eigenvalue weighted by Crippen LogP contribution is -2.51. The molecule has 6 saturated heterocycles. The average molecular weight is 2100 g/mol. The Morgan fingerprint density at radius 3 is 0.906 bits per heavy atom. The van der Waals surface area contributed by atoms with E-state index in [-0.39, 0.29) is 106 Å². The second-order valence-corrected chi connectivity index (χ2v) is 39.8. The van der Waals surface area contributed by atoms with Gasteiger partial charge in [0.2, 0.25) is 11.6 Å². The van der Waals surface area contributed by atoms with E-state index in [9.17, 15) is 99.0 Å². The fourth-order valence-electron chi connectivity index (χ4n) is 16.2. The number of halogens is 9. The first-order valence-corrected chi connectivity index (χ1v) is 49.2. The Kier molecular flexibility index (Phi) is 44.4. The minimum Gasteiger partial charge on any atom is -0.478 e. The maximum absolute atomic E-state index is 13.8. The van der Waals surface area contributed by atoms with Gasteiger partial charge in [-0.1, -0.05) is 72.8 Å². The molecule has 9 aromatic carbocycles. The molecular weight excluding hydrogens is 1970 g/mol. The number of alkyl halides is 1. The lowest BCUT2D eigenvalue weighted by molar-refractivity contribution is -0.387. The van der Waals surface area contributed by atoms with E-state index in [0.29, 0.717) is 89.2 Å². The Labute approximate surface area is 866 Å². The Balaban J connectivity index is 0.000000205. The molecule has 15 rings (SSSR count). The molecular formula is C107H130ClF8N15O18. The number of anilines is 1. The van der Waals surface area contributed by atoms with Crippen LogP contribution in [0, 0.1) is 76.9 Å². The standard InChI is InChI=1S/C34H39F2N5O5.C18H20F2N2.C16H20FN3O5.C13H9ClF2.C10H20N2O2.C9H18N2O2.C7H4FNO4/c1-34(2,3)46-33(43)40-21-19-39(20-22-40)32(42)26-9-14-29(41(44)45)30(23-26)37-15-4-16-38(18-17-37)31(24-5-10-27(35)11-6-24)25-7-12-28(36)13-8-25;19-16-6-2-14(3-7-16)18(15-4-8-17(20)9-5-15)22-12-1-10-21-11-13-22;1-16(2,3)25-15(22)19-8-6-18(7-9-19)14(21)11-4-5-13(20(23)24)12(17)10-11;14-13(9-1-5-11(15)6-2-9)10-3-7-12(16)8-4-10;1-10(2,3)14-9(13)12-7-4-5-11-6-8-12;1-9(2,3)13-8(12)11-6-4-10-5-7-11;8-5-3-4(7(10)11)1-2-6(5)9(12)13/h5-14,23,31H,4,15-22H2,1-3H3;2-9,18,21H,1,10-13H2;4-5,10H,6-9H2,1-3H3;1-8,13H;11H,4-8H2,1-3H3;10H,4-7H2,1-3H3;1-3H,(H,10,11). The van der Waals surface area contributed by atoms with E-state index in [0.717, 1.165) is 149 Å². The highest BCUT2D eigenvalue weighted by molar-refractivity contribution is 6.22. The van der Waals surface area contributed by atoms with Crippen molar-refractivity contribution >= 4 is 76.5 Å². The molecule has 149 heavy (non-hydrogen) atoms. The number of nitrogens with zero attached hydrogens (tertiary/aromatic N) is 12. The van der Waals surface area contributed by atoms with Gasteiger partial charge in [0.05, 0.1) is 37.8 Å². The van der Waals surface area contributed by atoms with Crippen molar-refractivity contribution in [3.8, 4) is 0 Å². The number of hydrogen-bond acceptors (Lipinski definition) is 23. The van der Waals surface area contributed by atoms with Gasteiger partial charge in [-0.3, -0.25) is 49.7 Å². The van der Waals surface area contributed by atoms with Gasteiger partial charge in [0.15, 0.2) is 0 Å². The van der Waals surface area contributed by atoms with Crippen LogP contribution in [0.5, 0.6) is 0 Å². The molecule has 42 heteroatoms. The number of nitro groups is 3. The van der Waals surface area contributed by atoms with Crippen LogP contribution in [-0.2, 0) is 18.9 Å². The zero-order chi connectivity index (χ0) is 109. The molecule has 0 atom stereocenters. The number of rotatable bonds is 15. The van der Waals surface area contributed by atoms with Gasteiger partial charge in [-0.15, -0.1) is 11.6 Å². The van der Waals surface area contributed by atoms with Gasteiger partial charge in [0.25, 0.3) is 17.5 Å². The highest BCUT2D eigenvalue weighted by Crippen LogP contribution is 2.37. The summed E-state index contributed by atoms with van der Waals surface area (Å²) in [7, 11) is 0. The number of piperazine rings is 3. The molecule has 9 aromatic rings. The number of carbonyl (C=O) groups is 7. The van der Waals surface area contributed by atoms with Crippen molar-refractivity contribution in [2.75, 3.05) is 162 Å². The van der Waals surface area contributed by atoms with Gasteiger partial charge < -0.3 is 74.3 Å². The van der Waals surface area contributed by atoms with E-state index in [1.54, 1.807) is 116 Å². The molecule has 0 unspecified atom stereocenters. The maximum Gasteiger partial charge on any atom is 0.410 e. The molecule has 6 fully saturated rings. The zero-order valence-electron chi connectivity index (χ0n) is 85.5. The summed E-state index contributed by atoms with van der Waals surface area (Å²) in [4.78, 5) is 131. The fourth-order valence-corrected chi connectivity index (χ4v) is 16.5. The van der Waals surface area contributed by atoms with E-state index in [1.165, 1.54) is 101 Å². The number of nitrogens with one attached hydrogen (secondary N) is 3. The van der Waals surface area contributed by atoms with E-state index >= 15 is 0 Å². The number of nitro benzene ring substituents is 3. The first-order valence-electron chi connectivity index (χ1n) is 48.8. The lowest BCUT2D eigenvalue weighted by Gasteiger charge is -2.35. The van der Waals surface area contributed by atoms with Crippen LogP contribution in [0.3, 0.4) is 0 Å². The number of amides is 6. The first-order chi connectivity index (χ1) is 70.4. The van der Waals surface area contributed by atoms with Crippen molar-refractivity contribution in [1.82, 2.24) is 55.1 Å². The van der Waals surface area contributed by atoms with Crippen molar-refractivity contribution in [1.29, 1.82) is 0 Å². The largest absolute Gasteiger partial charge is 0.478 e. The monoisotopic (exact) mass is 2100 g/mol. The molecule has 0 bridgehead atoms. The summed E-state index contributed by atoms with van der Waals surface area (Å²) < 4.78 is 127. The second kappa shape index (κ2) is 55.9. The zero-order valence-corrected chi connectivity index (χ0v) is 86.3. The van der Waals surface area contributed by atoms with Crippen LogP contribution >= 0.6 is 11.6 Å². The summed E-state index contributed by atoms with van der Waals surface area (Å²) in [5, 5.41) is 50.7. The van der Waals surface area contributed by atoms with Gasteiger partial charge in [0, 0.05) is 173 Å².